The van der Waals surface area contributed by atoms with Gasteiger partial charge in [-0.3, -0.25) is 4.79 Å². The molecule has 2 unspecified atom stereocenters. The van der Waals surface area contributed by atoms with E-state index in [9.17, 15) is 4.79 Å². The van der Waals surface area contributed by atoms with Crippen molar-refractivity contribution in [1.82, 2.24) is 9.88 Å². The van der Waals surface area contributed by atoms with E-state index in [4.69, 9.17) is 0 Å². The van der Waals surface area contributed by atoms with Crippen molar-refractivity contribution < 1.29 is 4.79 Å². The Bertz CT molecular complexity index is 913. The second-order valence-corrected chi connectivity index (χ2v) is 7.58. The van der Waals surface area contributed by atoms with Gasteiger partial charge in [0.1, 0.15) is 0 Å². The number of nitrogens with one attached hydrogen (secondary N) is 1. The maximum atomic E-state index is 11.8. The normalized spacial score (nSPS) is 18.4. The molecule has 4 rings (SSSR count). The lowest BCUT2D eigenvalue weighted by Crippen LogP contribution is -2.28. The Hall–Kier alpha value is -2.55. The van der Waals surface area contributed by atoms with E-state index in [0.29, 0.717) is 5.92 Å². The van der Waals surface area contributed by atoms with E-state index in [0.717, 1.165) is 32.2 Å². The van der Waals surface area contributed by atoms with Crippen LogP contribution < -0.4 is 0 Å². The number of benzene rings is 2. The minimum atomic E-state index is 0.105. The van der Waals surface area contributed by atoms with Crippen molar-refractivity contribution in [3.05, 3.63) is 70.9 Å². The number of aromatic nitrogens is 1. The molecule has 2 aromatic carbocycles. The molecule has 134 valence electrons. The van der Waals surface area contributed by atoms with Gasteiger partial charge >= 0.3 is 0 Å². The van der Waals surface area contributed by atoms with E-state index in [2.05, 4.69) is 67.4 Å². The summed E-state index contributed by atoms with van der Waals surface area (Å²) >= 11 is 0. The highest BCUT2D eigenvalue weighted by Crippen LogP contribution is 2.38. The molecule has 1 N–H and O–H groups in total. The van der Waals surface area contributed by atoms with Crippen molar-refractivity contribution in [3.63, 3.8) is 0 Å². The molecule has 1 aromatic heterocycles. The molecule has 1 amide bonds. The Balaban J connectivity index is 1.76. The lowest BCUT2D eigenvalue weighted by molar-refractivity contribution is -0.120. The van der Waals surface area contributed by atoms with E-state index in [-0.39, 0.29) is 6.04 Å². The van der Waals surface area contributed by atoms with E-state index in [1.807, 2.05) is 4.90 Å². The van der Waals surface area contributed by atoms with Gasteiger partial charge < -0.3 is 9.88 Å². The topological polar surface area (TPSA) is 36.1 Å². The van der Waals surface area contributed by atoms with Crippen LogP contribution in [-0.4, -0.2) is 22.8 Å². The third-order valence-corrected chi connectivity index (χ3v) is 5.75. The minimum Gasteiger partial charge on any atom is -0.356 e. The van der Waals surface area contributed by atoms with Gasteiger partial charge in [0.05, 0.1) is 6.04 Å². The zero-order valence-electron chi connectivity index (χ0n) is 15.5. The van der Waals surface area contributed by atoms with Gasteiger partial charge in [0.15, 0.2) is 0 Å². The van der Waals surface area contributed by atoms with E-state index >= 15 is 0 Å². The molecule has 0 aliphatic carbocycles. The molecule has 0 spiro atoms. The second kappa shape index (κ2) is 6.99. The first-order valence-corrected chi connectivity index (χ1v) is 9.54. The zero-order chi connectivity index (χ0) is 18.1. The van der Waals surface area contributed by atoms with Crippen LogP contribution in [0.1, 0.15) is 54.1 Å². The molecule has 26 heavy (non-hydrogen) atoms. The van der Waals surface area contributed by atoms with Crippen LogP contribution >= 0.6 is 0 Å². The quantitative estimate of drug-likeness (QED) is 0.654. The molecule has 1 aliphatic heterocycles. The smallest absolute Gasteiger partial charge is 0.210 e. The van der Waals surface area contributed by atoms with Gasteiger partial charge in [-0.1, -0.05) is 48.9 Å². The highest BCUT2D eigenvalue weighted by atomic mass is 16.1. The fourth-order valence-corrected chi connectivity index (χ4v) is 4.33. The Morgan fingerprint density at radius 1 is 1.23 bits per heavy atom. The lowest BCUT2D eigenvalue weighted by atomic mass is 9.91. The predicted octanol–water partition coefficient (Wildman–Crippen LogP) is 5.12. The molecule has 0 saturated heterocycles. The molecule has 2 atom stereocenters. The number of aryl methyl sites for hydroxylation is 2. The van der Waals surface area contributed by atoms with E-state index in [1.54, 1.807) is 0 Å². The van der Waals surface area contributed by atoms with Gasteiger partial charge in [0.2, 0.25) is 6.41 Å². The summed E-state index contributed by atoms with van der Waals surface area (Å²) in [6.07, 6.45) is 4.01. The summed E-state index contributed by atoms with van der Waals surface area (Å²) in [5.41, 5.74) is 6.43. The van der Waals surface area contributed by atoms with Gasteiger partial charge in [-0.05, 0) is 55.4 Å². The van der Waals surface area contributed by atoms with Crippen LogP contribution in [0.2, 0.25) is 0 Å². The monoisotopic (exact) mass is 346 g/mol. The van der Waals surface area contributed by atoms with Crippen molar-refractivity contribution >= 4 is 17.3 Å². The average molecular weight is 346 g/mol. The number of rotatable bonds is 4. The summed E-state index contributed by atoms with van der Waals surface area (Å²) in [6.45, 7) is 5.23. The third-order valence-electron chi connectivity index (χ3n) is 5.75. The number of carbonyl (C=O) groups is 1. The molecule has 3 aromatic rings. The summed E-state index contributed by atoms with van der Waals surface area (Å²) < 4.78 is 0. The SMILES string of the molecule is Cc1ccc2[nH]c3c(c2c1)CCCN(C=O)C3CC(C)c1ccccc1. The number of hydrogen-bond donors (Lipinski definition) is 1. The van der Waals surface area contributed by atoms with E-state index in [1.165, 1.54) is 33.3 Å². The van der Waals surface area contributed by atoms with Crippen LogP contribution in [0.25, 0.3) is 10.9 Å². The molecular formula is C23H26N2O. The Morgan fingerprint density at radius 3 is 2.81 bits per heavy atom. The number of fused-ring (bicyclic) bond motifs is 3. The largest absolute Gasteiger partial charge is 0.356 e. The van der Waals surface area contributed by atoms with Crippen molar-refractivity contribution in [2.45, 2.75) is 45.1 Å². The number of aromatic amines is 1. The molecule has 3 nitrogen and oxygen atoms in total. The minimum absolute atomic E-state index is 0.105. The van der Waals surface area contributed by atoms with Crippen LogP contribution in [0.5, 0.6) is 0 Å². The highest BCUT2D eigenvalue weighted by Gasteiger charge is 2.29. The summed E-state index contributed by atoms with van der Waals surface area (Å²) in [7, 11) is 0. The van der Waals surface area contributed by atoms with Crippen molar-refractivity contribution in [1.29, 1.82) is 0 Å². The number of H-pyrrole nitrogens is 1. The van der Waals surface area contributed by atoms with Gasteiger partial charge in [-0.15, -0.1) is 0 Å². The van der Waals surface area contributed by atoms with Crippen LogP contribution in [0, 0.1) is 6.92 Å². The molecule has 0 radical (unpaired) electrons. The number of amides is 1. The Kier molecular flexibility index (Phi) is 4.54. The molecule has 0 bridgehead atoms. The van der Waals surface area contributed by atoms with Gasteiger partial charge in [0, 0.05) is 23.1 Å². The molecule has 3 heteroatoms. The molecular weight excluding hydrogens is 320 g/mol. The van der Waals surface area contributed by atoms with E-state index < -0.39 is 0 Å². The maximum Gasteiger partial charge on any atom is 0.210 e. The number of hydrogen-bond acceptors (Lipinski definition) is 1. The Labute approximate surface area is 155 Å². The fourth-order valence-electron chi connectivity index (χ4n) is 4.33. The molecule has 2 heterocycles. The van der Waals surface area contributed by atoms with Crippen LogP contribution in [-0.2, 0) is 11.2 Å². The molecule has 0 fully saturated rings. The van der Waals surface area contributed by atoms with Crippen LogP contribution in [0.4, 0.5) is 0 Å². The first-order chi connectivity index (χ1) is 12.7. The predicted molar refractivity (Wildman–Crippen MR) is 106 cm³/mol. The summed E-state index contributed by atoms with van der Waals surface area (Å²) in [5.74, 6) is 0.391. The summed E-state index contributed by atoms with van der Waals surface area (Å²) in [5, 5.41) is 1.32. The standard InChI is InChI=1S/C23H26N2O/c1-16-10-11-21-20(13-16)19-9-6-12-25(15-26)22(23(19)24-21)14-17(2)18-7-4-3-5-8-18/h3-5,7-8,10-11,13,15,17,22,24H,6,9,12,14H2,1-2H3. The molecule has 1 aliphatic rings. The third kappa shape index (κ3) is 3.03. The first-order valence-electron chi connectivity index (χ1n) is 9.54. The van der Waals surface area contributed by atoms with Gasteiger partial charge in [0.25, 0.3) is 0 Å². The average Bonchev–Trinajstić information content (AvgIpc) is 2.92. The summed E-state index contributed by atoms with van der Waals surface area (Å²) in [4.78, 5) is 17.5. The fraction of sp³-hybridized carbons (Fsp3) is 0.348. The molecule has 0 saturated carbocycles. The summed E-state index contributed by atoms with van der Waals surface area (Å²) in [6, 6.07) is 17.3. The Morgan fingerprint density at radius 2 is 2.04 bits per heavy atom. The van der Waals surface area contributed by atoms with Gasteiger partial charge in [-0.2, -0.15) is 0 Å². The zero-order valence-corrected chi connectivity index (χ0v) is 15.5. The van der Waals surface area contributed by atoms with Gasteiger partial charge in [-0.25, -0.2) is 0 Å². The highest BCUT2D eigenvalue weighted by molar-refractivity contribution is 5.85. The van der Waals surface area contributed by atoms with Crippen molar-refractivity contribution in [2.24, 2.45) is 0 Å². The van der Waals surface area contributed by atoms with Crippen LogP contribution in [0.15, 0.2) is 48.5 Å². The lowest BCUT2D eigenvalue weighted by Gasteiger charge is -2.29. The number of carbonyl (C=O) groups excluding carboxylic acids is 1. The van der Waals surface area contributed by atoms with Crippen LogP contribution in [0.3, 0.4) is 0 Å². The van der Waals surface area contributed by atoms with Crippen molar-refractivity contribution in [3.8, 4) is 0 Å². The van der Waals surface area contributed by atoms with Crippen molar-refractivity contribution in [2.75, 3.05) is 6.54 Å². The number of nitrogens with zero attached hydrogens (tertiary/aromatic N) is 1. The second-order valence-electron chi connectivity index (χ2n) is 7.58. The maximum absolute atomic E-state index is 11.8. The first kappa shape index (κ1) is 16.9.